The van der Waals surface area contributed by atoms with Crippen molar-refractivity contribution in [3.05, 3.63) is 0 Å². The van der Waals surface area contributed by atoms with E-state index in [0.717, 1.165) is 6.92 Å². The molecule has 5 rings (SSSR count). The zero-order chi connectivity index (χ0) is 47.7. The quantitative estimate of drug-likeness (QED) is 0.0639. The van der Waals surface area contributed by atoms with Crippen LogP contribution in [0.4, 0.5) is 0 Å². The van der Waals surface area contributed by atoms with Gasteiger partial charge in [-0.3, -0.25) is 9.35 Å². The second-order valence-corrected chi connectivity index (χ2v) is 16.3. The van der Waals surface area contributed by atoms with E-state index in [4.69, 9.17) is 47.2 Å². The molecule has 0 bridgehead atoms. The Balaban J connectivity index is 1.37. The molecule has 0 aliphatic carbocycles. The van der Waals surface area contributed by atoms with Crippen LogP contribution in [0.25, 0.3) is 0 Å². The number of aliphatic carboxylic acids is 1. The van der Waals surface area contributed by atoms with Crippen molar-refractivity contribution in [1.82, 2.24) is 5.32 Å². The number of hydrogen-bond acceptors (Lipinski definition) is 28. The summed E-state index contributed by atoms with van der Waals surface area (Å²) in [5.41, 5.74) is 0. The molecule has 0 spiro atoms. The van der Waals surface area contributed by atoms with E-state index in [2.05, 4.69) is 9.50 Å². The Morgan fingerprint density at radius 2 is 0.906 bits per heavy atom. The second kappa shape index (κ2) is 21.9. The highest BCUT2D eigenvalue weighted by atomic mass is 32.3. The van der Waals surface area contributed by atoms with Gasteiger partial charge in [0.15, 0.2) is 37.6 Å². The van der Waals surface area contributed by atoms with Gasteiger partial charge in [-0.2, -0.15) is 8.42 Å². The van der Waals surface area contributed by atoms with Crippen LogP contribution in [0, 0.1) is 0 Å². The van der Waals surface area contributed by atoms with Crippen molar-refractivity contribution in [3.63, 3.8) is 0 Å². The van der Waals surface area contributed by atoms with Gasteiger partial charge in [0.2, 0.25) is 5.91 Å². The van der Waals surface area contributed by atoms with E-state index >= 15 is 0 Å². The average Bonchev–Trinajstić information content (AvgIpc) is 3.23. The fourth-order valence-corrected chi connectivity index (χ4v) is 8.16. The maximum absolute atomic E-state index is 12.4. The maximum Gasteiger partial charge on any atom is 0.397 e. The molecule has 17 N–H and O–H groups in total. The predicted molar refractivity (Wildman–Crippen MR) is 189 cm³/mol. The van der Waals surface area contributed by atoms with Crippen LogP contribution >= 0.6 is 0 Å². The summed E-state index contributed by atoms with van der Waals surface area (Å²) in [6.07, 6.45) is -49.6. The molecule has 5 aliphatic rings. The van der Waals surface area contributed by atoms with E-state index in [0.29, 0.717) is 0 Å². The summed E-state index contributed by atoms with van der Waals surface area (Å²) >= 11 is 0. The van der Waals surface area contributed by atoms with Crippen molar-refractivity contribution < 1.29 is 146 Å². The van der Waals surface area contributed by atoms with Crippen LogP contribution in [0.15, 0.2) is 0 Å². The Morgan fingerprint density at radius 3 is 1.36 bits per heavy atom. The third kappa shape index (κ3) is 11.4. The molecule has 0 saturated carbocycles. The number of amides is 1. The number of aliphatic hydroxyl groups is 14. The molecule has 5 fully saturated rings. The molecule has 31 nitrogen and oxygen atoms in total. The van der Waals surface area contributed by atoms with E-state index in [1.165, 1.54) is 0 Å². The van der Waals surface area contributed by atoms with Gasteiger partial charge in [0.1, 0.15) is 116 Å². The van der Waals surface area contributed by atoms with E-state index in [1.807, 2.05) is 0 Å². The molecule has 0 aromatic carbocycles. The fourth-order valence-electron chi connectivity index (χ4n) is 7.65. The first-order valence-electron chi connectivity index (χ1n) is 19.3. The van der Waals surface area contributed by atoms with Crippen LogP contribution in [-0.2, 0) is 66.8 Å². The Hall–Kier alpha value is -2.11. The first kappa shape index (κ1) is 52.9. The van der Waals surface area contributed by atoms with Crippen LogP contribution in [0.3, 0.4) is 0 Å². The Bertz CT molecular complexity index is 1650. The smallest absolute Gasteiger partial charge is 0.397 e. The van der Waals surface area contributed by atoms with Crippen molar-refractivity contribution in [3.8, 4) is 0 Å². The molecule has 0 unspecified atom stereocenters. The second-order valence-electron chi connectivity index (χ2n) is 15.2. The highest BCUT2D eigenvalue weighted by Crippen LogP contribution is 2.36. The molecule has 0 aromatic heterocycles. The van der Waals surface area contributed by atoms with Crippen LogP contribution in [0.2, 0.25) is 0 Å². The molecule has 372 valence electrons. The van der Waals surface area contributed by atoms with Gasteiger partial charge in [0.25, 0.3) is 0 Å². The number of hydrogen-bond donors (Lipinski definition) is 17. The minimum Gasteiger partial charge on any atom is -0.479 e. The van der Waals surface area contributed by atoms with Crippen molar-refractivity contribution in [2.24, 2.45) is 0 Å². The third-order valence-corrected chi connectivity index (χ3v) is 11.4. The van der Waals surface area contributed by atoms with Crippen LogP contribution < -0.4 is 5.32 Å². The normalized spacial score (nSPS) is 48.1. The molecular weight excluding hydrogens is 910 g/mol. The van der Waals surface area contributed by atoms with Gasteiger partial charge in [0.05, 0.1) is 26.4 Å². The summed E-state index contributed by atoms with van der Waals surface area (Å²) in [6, 6.07) is -1.82. The molecule has 5 heterocycles. The third-order valence-electron chi connectivity index (χ3n) is 10.9. The summed E-state index contributed by atoms with van der Waals surface area (Å²) < 4.78 is 85.7. The van der Waals surface area contributed by atoms with Crippen LogP contribution in [0.5, 0.6) is 0 Å². The fraction of sp³-hybridized carbons (Fsp3) is 0.938. The molecule has 5 aliphatic heterocycles. The van der Waals surface area contributed by atoms with Gasteiger partial charge < -0.3 is 125 Å². The summed E-state index contributed by atoms with van der Waals surface area (Å²) in [4.78, 5) is 24.2. The van der Waals surface area contributed by atoms with E-state index in [9.17, 15) is 94.6 Å². The van der Waals surface area contributed by atoms with Gasteiger partial charge in [-0.25, -0.2) is 8.98 Å². The number of aliphatic hydroxyl groups excluding tert-OH is 14. The van der Waals surface area contributed by atoms with Crippen molar-refractivity contribution >= 4 is 22.3 Å². The molecular formula is C32H53NO30S. The van der Waals surface area contributed by atoms with Crippen molar-refractivity contribution in [2.75, 3.05) is 26.4 Å². The van der Waals surface area contributed by atoms with Gasteiger partial charge in [-0.05, 0) is 0 Å². The maximum atomic E-state index is 12.4. The highest BCUT2D eigenvalue weighted by molar-refractivity contribution is 7.80. The molecule has 25 atom stereocenters. The van der Waals surface area contributed by atoms with Gasteiger partial charge in [0, 0.05) is 6.92 Å². The van der Waals surface area contributed by atoms with Gasteiger partial charge >= 0.3 is 16.4 Å². The minimum atomic E-state index is -5.49. The lowest BCUT2D eigenvalue weighted by molar-refractivity contribution is -0.385. The van der Waals surface area contributed by atoms with E-state index < -0.39 is 202 Å². The summed E-state index contributed by atoms with van der Waals surface area (Å²) in [7, 11) is -5.49. The van der Waals surface area contributed by atoms with Crippen LogP contribution in [0.1, 0.15) is 6.92 Å². The summed E-state index contributed by atoms with van der Waals surface area (Å²) in [5.74, 6) is -2.85. The SMILES string of the molecule is CC(=O)N[C@H]1[C@H](O[C@H]2[C@@H](O)[C@@H](CO)O[C@@H](O[C@H]3[C@H](O)[C@@H](O)[C@H](O)O[C@@H]3CO)[C@@H]2O)O[C@H](CO)[C@@H](O[C@@H]2O[C@H](CO)[C@H](O)[C@H](O[C@@H]3O[C@H](C(=O)O)[C@@H](O)[C@H](OS(=O)(=O)O)[C@H]3O)[C@H]2O)[C@@H]1O. The Kier molecular flexibility index (Phi) is 18.1. The molecule has 1 amide bonds. The number of ether oxygens (including phenoxy) is 9. The van der Waals surface area contributed by atoms with Crippen molar-refractivity contribution in [2.45, 2.75) is 160 Å². The first-order valence-corrected chi connectivity index (χ1v) is 20.6. The zero-order valence-corrected chi connectivity index (χ0v) is 33.9. The van der Waals surface area contributed by atoms with Gasteiger partial charge in [-0.1, -0.05) is 0 Å². The minimum absolute atomic E-state index is 0.884. The highest BCUT2D eigenvalue weighted by Gasteiger charge is 2.58. The van der Waals surface area contributed by atoms with Gasteiger partial charge in [-0.15, -0.1) is 0 Å². The zero-order valence-electron chi connectivity index (χ0n) is 33.0. The number of rotatable bonds is 16. The number of carbonyl (C=O) groups excluding carboxylic acids is 1. The largest absolute Gasteiger partial charge is 0.479 e. The lowest BCUT2D eigenvalue weighted by Crippen LogP contribution is -2.70. The molecule has 64 heavy (non-hydrogen) atoms. The predicted octanol–water partition coefficient (Wildman–Crippen LogP) is -11.9. The molecule has 0 aromatic rings. The lowest BCUT2D eigenvalue weighted by atomic mass is 9.94. The standard InChI is InChI=1S/C32H53NO30S/c1-6(38)33-11-14(41)21(58-30-19(46)24(13(40)8(3-35)55-30)61-32-20(47)25(63-64(51,52)53)17(44)26(62-32)27(48)49)10(5-37)57-29(11)60-23-12(39)7(2-34)56-31(18(23)45)59-22-9(4-36)54-28(50)16(43)15(22)42/h7-26,28-32,34-37,39-47,50H,2-5H2,1H3,(H,33,38)(H,48,49)(H,51,52,53)/t7-,8-,9-,10-,11-,12+,13+,14-,15-,16-,17+,18-,19-,20-,21-,22-,23+,24+,25+,26+,28-,29+,30+,31+,32-/m1/s1. The number of nitrogens with one attached hydrogen (secondary N) is 1. The average molecular weight is 964 g/mol. The van der Waals surface area contributed by atoms with Crippen molar-refractivity contribution in [1.29, 1.82) is 0 Å². The molecule has 32 heteroatoms. The van der Waals surface area contributed by atoms with E-state index in [1.54, 1.807) is 0 Å². The molecule has 5 saturated heterocycles. The number of carbonyl (C=O) groups is 2. The molecule has 0 radical (unpaired) electrons. The monoisotopic (exact) mass is 963 g/mol. The number of carboxylic acids is 1. The first-order chi connectivity index (χ1) is 30.0. The van der Waals surface area contributed by atoms with E-state index in [-0.39, 0.29) is 0 Å². The summed E-state index contributed by atoms with van der Waals surface area (Å²) in [6.45, 7) is -3.10. The Morgan fingerprint density at radius 1 is 0.500 bits per heavy atom. The number of carboxylic acid groups (broad SMARTS) is 1. The van der Waals surface area contributed by atoms with Crippen LogP contribution in [-0.4, -0.2) is 281 Å². The Labute approximate surface area is 360 Å². The summed E-state index contributed by atoms with van der Waals surface area (Å²) in [5, 5.41) is 160. The lowest BCUT2D eigenvalue weighted by Gasteiger charge is -2.50. The topological polar surface area (TPSA) is 496 Å².